The van der Waals surface area contributed by atoms with Gasteiger partial charge >= 0.3 is 0 Å². The number of benzene rings is 1. The van der Waals surface area contributed by atoms with Gasteiger partial charge in [0.05, 0.1) is 29.5 Å². The second-order valence-electron chi connectivity index (χ2n) is 8.22. The number of thiophene rings is 1. The second-order valence-corrected chi connectivity index (χ2v) is 10.2. The lowest BCUT2D eigenvalue weighted by Gasteiger charge is -2.31. The van der Waals surface area contributed by atoms with Gasteiger partial charge in [-0.15, -0.1) is 11.3 Å². The molecule has 3 aromatic rings. The third kappa shape index (κ3) is 3.92. The van der Waals surface area contributed by atoms with Crippen molar-refractivity contribution in [2.24, 2.45) is 0 Å². The van der Waals surface area contributed by atoms with Crippen LogP contribution in [0.15, 0.2) is 34.2 Å². The fourth-order valence-electron chi connectivity index (χ4n) is 4.31. The first-order chi connectivity index (χ1) is 15.0. The van der Waals surface area contributed by atoms with Crippen LogP contribution in [0.2, 0.25) is 0 Å². The number of hydrogen-bond acceptors (Lipinski definition) is 6. The van der Waals surface area contributed by atoms with E-state index in [1.54, 1.807) is 15.9 Å². The predicted octanol–water partition coefficient (Wildman–Crippen LogP) is 3.58. The van der Waals surface area contributed by atoms with Gasteiger partial charge in [0, 0.05) is 18.0 Å². The van der Waals surface area contributed by atoms with Crippen LogP contribution in [-0.2, 0) is 22.4 Å². The lowest BCUT2D eigenvalue weighted by Crippen LogP contribution is -2.45. The van der Waals surface area contributed by atoms with Gasteiger partial charge in [0.2, 0.25) is 5.91 Å². The summed E-state index contributed by atoms with van der Waals surface area (Å²) in [6.07, 6.45) is 3.12. The molecule has 162 valence electrons. The summed E-state index contributed by atoms with van der Waals surface area (Å²) in [5.41, 5.74) is 3.07. The van der Waals surface area contributed by atoms with Crippen LogP contribution in [0.4, 0.5) is 0 Å². The van der Waals surface area contributed by atoms with Gasteiger partial charge in [0.15, 0.2) is 5.16 Å². The van der Waals surface area contributed by atoms with Crippen LogP contribution in [0.1, 0.15) is 29.3 Å². The van der Waals surface area contributed by atoms with Crippen LogP contribution in [0.5, 0.6) is 0 Å². The van der Waals surface area contributed by atoms with Gasteiger partial charge in [0.25, 0.3) is 5.56 Å². The van der Waals surface area contributed by atoms with Gasteiger partial charge in [-0.2, -0.15) is 0 Å². The summed E-state index contributed by atoms with van der Waals surface area (Å²) >= 11 is 2.98. The first-order valence-electron chi connectivity index (χ1n) is 10.7. The predicted molar refractivity (Wildman–Crippen MR) is 125 cm³/mol. The Morgan fingerprint density at radius 1 is 1.29 bits per heavy atom. The summed E-state index contributed by atoms with van der Waals surface area (Å²) in [5.74, 6) is 0.306. The minimum Gasteiger partial charge on any atom is -0.375 e. The molecule has 3 heterocycles. The largest absolute Gasteiger partial charge is 0.375 e. The Labute approximate surface area is 189 Å². The fourth-order valence-corrected chi connectivity index (χ4v) is 6.52. The van der Waals surface area contributed by atoms with Gasteiger partial charge in [-0.25, -0.2) is 4.98 Å². The molecule has 1 fully saturated rings. The molecule has 8 heteroatoms. The number of carbonyl (C=O) groups excluding carboxylic acids is 1. The van der Waals surface area contributed by atoms with Crippen molar-refractivity contribution in [1.29, 1.82) is 0 Å². The van der Waals surface area contributed by atoms with E-state index >= 15 is 0 Å². The van der Waals surface area contributed by atoms with Gasteiger partial charge < -0.3 is 9.64 Å². The van der Waals surface area contributed by atoms with Crippen molar-refractivity contribution in [1.82, 2.24) is 14.5 Å². The number of carbonyl (C=O) groups is 1. The van der Waals surface area contributed by atoms with Gasteiger partial charge in [-0.1, -0.05) is 29.5 Å². The monoisotopic (exact) mass is 455 g/mol. The molecule has 6 nitrogen and oxygen atoms in total. The second kappa shape index (κ2) is 8.41. The molecule has 2 aliphatic rings. The quantitative estimate of drug-likeness (QED) is 0.444. The number of rotatable bonds is 4. The Kier molecular flexibility index (Phi) is 5.62. The van der Waals surface area contributed by atoms with Crippen LogP contribution in [-0.4, -0.2) is 51.9 Å². The lowest BCUT2D eigenvalue weighted by atomic mass is 10.2. The molecule has 1 amide bonds. The molecule has 1 atom stereocenters. The van der Waals surface area contributed by atoms with Crippen LogP contribution in [0.3, 0.4) is 0 Å². The molecule has 0 bridgehead atoms. The molecule has 0 saturated carbocycles. The molecule has 2 aromatic heterocycles. The van der Waals surface area contributed by atoms with Gasteiger partial charge in [-0.3, -0.25) is 14.2 Å². The Morgan fingerprint density at radius 2 is 2.10 bits per heavy atom. The third-order valence-corrected chi connectivity index (χ3v) is 8.03. The maximum Gasteiger partial charge on any atom is 0.267 e. The number of ether oxygens (including phenoxy) is 1. The van der Waals surface area contributed by atoms with E-state index < -0.39 is 0 Å². The van der Waals surface area contributed by atoms with Crippen molar-refractivity contribution in [2.45, 2.75) is 44.4 Å². The smallest absolute Gasteiger partial charge is 0.267 e. The molecular formula is C23H25N3O3S2. The zero-order chi connectivity index (χ0) is 21.5. The number of amides is 1. The highest BCUT2D eigenvalue weighted by atomic mass is 32.2. The normalized spacial score (nSPS) is 18.5. The first-order valence-corrected chi connectivity index (χ1v) is 12.5. The molecule has 1 aliphatic heterocycles. The highest BCUT2D eigenvalue weighted by Crippen LogP contribution is 2.36. The SMILES string of the molecule is Cc1ccc(-n2c(SCC(=O)N3CCOC(C)C3)nc3sc4c(c3c2=O)CCC4)cc1. The number of morpholine rings is 1. The first kappa shape index (κ1) is 20.7. The third-order valence-electron chi connectivity index (χ3n) is 5.92. The van der Waals surface area contributed by atoms with Crippen LogP contribution >= 0.6 is 23.1 Å². The van der Waals surface area contributed by atoms with Crippen molar-refractivity contribution in [3.05, 3.63) is 50.6 Å². The van der Waals surface area contributed by atoms with E-state index in [0.717, 1.165) is 40.7 Å². The number of fused-ring (bicyclic) bond motifs is 3. The average Bonchev–Trinajstić information content (AvgIpc) is 3.34. The van der Waals surface area contributed by atoms with E-state index in [1.165, 1.54) is 22.2 Å². The number of aryl methyl sites for hydroxylation is 3. The number of nitrogens with zero attached hydrogens (tertiary/aromatic N) is 3. The summed E-state index contributed by atoms with van der Waals surface area (Å²) in [4.78, 5) is 35.3. The molecule has 0 N–H and O–H groups in total. The van der Waals surface area contributed by atoms with E-state index in [2.05, 4.69) is 0 Å². The fraction of sp³-hybridized carbons (Fsp3) is 0.435. The van der Waals surface area contributed by atoms with Crippen molar-refractivity contribution in [2.75, 3.05) is 25.4 Å². The van der Waals surface area contributed by atoms with Crippen LogP contribution in [0, 0.1) is 6.92 Å². The van der Waals surface area contributed by atoms with Gasteiger partial charge in [0.1, 0.15) is 4.83 Å². The zero-order valence-corrected chi connectivity index (χ0v) is 19.4. The Balaban J connectivity index is 1.53. The van der Waals surface area contributed by atoms with Crippen molar-refractivity contribution < 1.29 is 9.53 Å². The summed E-state index contributed by atoms with van der Waals surface area (Å²) in [7, 11) is 0. The molecular weight excluding hydrogens is 430 g/mol. The number of hydrogen-bond donors (Lipinski definition) is 0. The van der Waals surface area contributed by atoms with Crippen LogP contribution in [0.25, 0.3) is 15.9 Å². The molecule has 1 saturated heterocycles. The summed E-state index contributed by atoms with van der Waals surface area (Å²) in [6.45, 7) is 5.79. The molecule has 0 radical (unpaired) electrons. The van der Waals surface area contributed by atoms with E-state index in [0.29, 0.717) is 24.9 Å². The average molecular weight is 456 g/mol. The van der Waals surface area contributed by atoms with Crippen molar-refractivity contribution in [3.8, 4) is 5.69 Å². The maximum atomic E-state index is 13.6. The molecule has 1 aliphatic carbocycles. The lowest BCUT2D eigenvalue weighted by molar-refractivity contribution is -0.135. The van der Waals surface area contributed by atoms with Crippen LogP contribution < -0.4 is 5.56 Å². The zero-order valence-electron chi connectivity index (χ0n) is 17.7. The number of aromatic nitrogens is 2. The maximum absolute atomic E-state index is 13.6. The molecule has 0 spiro atoms. The highest BCUT2D eigenvalue weighted by molar-refractivity contribution is 7.99. The Morgan fingerprint density at radius 3 is 2.87 bits per heavy atom. The minimum atomic E-state index is -0.0248. The highest BCUT2D eigenvalue weighted by Gasteiger charge is 2.25. The molecule has 5 rings (SSSR count). The molecule has 1 unspecified atom stereocenters. The minimum absolute atomic E-state index is 0.0248. The number of thioether (sulfide) groups is 1. The van der Waals surface area contributed by atoms with Crippen molar-refractivity contribution >= 4 is 39.2 Å². The summed E-state index contributed by atoms with van der Waals surface area (Å²) in [6, 6.07) is 7.90. The Hall–Kier alpha value is -2.16. The molecule has 1 aromatic carbocycles. The topological polar surface area (TPSA) is 64.4 Å². The Bertz CT molecular complexity index is 1200. The van der Waals surface area contributed by atoms with E-state index in [1.807, 2.05) is 43.0 Å². The molecule has 31 heavy (non-hydrogen) atoms. The summed E-state index contributed by atoms with van der Waals surface area (Å²) < 4.78 is 7.23. The van der Waals surface area contributed by atoms with E-state index in [4.69, 9.17) is 9.72 Å². The van der Waals surface area contributed by atoms with E-state index in [9.17, 15) is 9.59 Å². The standard InChI is InChI=1S/C23H25N3O3S2/c1-14-6-8-16(9-7-14)26-22(28)20-17-4-3-5-18(17)31-21(20)24-23(26)30-13-19(27)25-10-11-29-15(2)12-25/h6-9,15H,3-5,10-13H2,1-2H3. The summed E-state index contributed by atoms with van der Waals surface area (Å²) in [5, 5.41) is 1.34. The van der Waals surface area contributed by atoms with E-state index in [-0.39, 0.29) is 23.3 Å². The van der Waals surface area contributed by atoms with Gasteiger partial charge in [-0.05, 0) is 50.8 Å². The van der Waals surface area contributed by atoms with Crippen molar-refractivity contribution in [3.63, 3.8) is 0 Å².